The van der Waals surface area contributed by atoms with Gasteiger partial charge >= 0.3 is 0 Å². The Labute approximate surface area is 190 Å². The summed E-state index contributed by atoms with van der Waals surface area (Å²) in [4.78, 5) is 13.8. The van der Waals surface area contributed by atoms with Crippen LogP contribution in [-0.4, -0.2) is 91.1 Å². The van der Waals surface area contributed by atoms with Crippen molar-refractivity contribution in [2.45, 2.75) is 18.2 Å². The zero-order valence-electron chi connectivity index (χ0n) is 18.9. The fourth-order valence-corrected chi connectivity index (χ4v) is 4.65. The van der Waals surface area contributed by atoms with Gasteiger partial charge in [0, 0.05) is 45.4 Å². The van der Waals surface area contributed by atoms with Gasteiger partial charge < -0.3 is 9.80 Å². The lowest BCUT2D eigenvalue weighted by atomic mass is 10.1. The molecule has 0 aliphatic rings. The number of benzene rings is 1. The molecule has 11 nitrogen and oxygen atoms in total. The number of nitro groups is 1. The molecule has 1 rings (SSSR count). The van der Waals surface area contributed by atoms with Gasteiger partial charge in [0.1, 0.15) is 4.90 Å². The van der Waals surface area contributed by atoms with Crippen molar-refractivity contribution < 1.29 is 25.9 Å². The number of hydrogen-bond acceptors (Lipinski definition) is 9. The summed E-state index contributed by atoms with van der Waals surface area (Å²) in [6.45, 7) is 2.52. The highest BCUT2D eigenvalue weighted by molar-refractivity contribution is 7.89. The molecule has 0 aliphatic carbocycles. The molecule has 0 unspecified atom stereocenters. The lowest BCUT2D eigenvalue weighted by molar-refractivity contribution is -0.385. The van der Waals surface area contributed by atoms with Crippen LogP contribution in [0.5, 0.6) is 0 Å². The van der Waals surface area contributed by atoms with Crippen LogP contribution in [0, 0.1) is 22.5 Å². The number of rotatable bonds is 13. The van der Waals surface area contributed by atoms with E-state index in [9.17, 15) is 26.9 Å². The molecule has 1 aromatic carbocycles. The molecule has 0 saturated carbocycles. The summed E-state index contributed by atoms with van der Waals surface area (Å²) in [6, 6.07) is 2.12. The minimum absolute atomic E-state index is 0.0112. The van der Waals surface area contributed by atoms with Gasteiger partial charge in [0.15, 0.2) is 0 Å². The lowest BCUT2D eigenvalue weighted by Gasteiger charge is -2.29. The Morgan fingerprint density at radius 2 is 1.72 bits per heavy atom. The zero-order chi connectivity index (χ0) is 24.7. The molecule has 32 heavy (non-hydrogen) atoms. The molecular weight excluding hydrogens is 460 g/mol. The van der Waals surface area contributed by atoms with Crippen molar-refractivity contribution in [3.05, 3.63) is 27.8 Å². The number of likely N-dealkylation sites (N-methyl/N-ethyl adjacent to an activating group) is 2. The summed E-state index contributed by atoms with van der Waals surface area (Å²) in [5, 5.41) is 11.4. The van der Waals surface area contributed by atoms with Crippen molar-refractivity contribution in [3.63, 3.8) is 0 Å². The van der Waals surface area contributed by atoms with E-state index in [0.29, 0.717) is 19.5 Å². The Morgan fingerprint density at radius 1 is 1.09 bits per heavy atom. The van der Waals surface area contributed by atoms with E-state index in [1.165, 1.54) is 7.05 Å². The number of nitrogens with zero attached hydrogens (tertiary/aromatic N) is 4. The Kier molecular flexibility index (Phi) is 10.1. The molecule has 0 atom stereocenters. The molecule has 0 N–H and O–H groups in total. The summed E-state index contributed by atoms with van der Waals surface area (Å²) in [5.41, 5.74) is -0.328. The Balaban J connectivity index is 3.66. The van der Waals surface area contributed by atoms with E-state index in [4.69, 9.17) is 10.6 Å². The summed E-state index contributed by atoms with van der Waals surface area (Å²) >= 11 is 0. The second kappa shape index (κ2) is 11.6. The van der Waals surface area contributed by atoms with E-state index in [2.05, 4.69) is 5.92 Å². The smallest absolute Gasteiger partial charge is 0.272 e. The second-order valence-electron chi connectivity index (χ2n) is 7.38. The molecule has 0 aliphatic heterocycles. The molecule has 0 bridgehead atoms. The van der Waals surface area contributed by atoms with Crippen LogP contribution in [0.3, 0.4) is 0 Å². The van der Waals surface area contributed by atoms with Gasteiger partial charge in [-0.3, -0.25) is 14.3 Å². The molecule has 1 aromatic rings. The summed E-state index contributed by atoms with van der Waals surface area (Å²) in [6.07, 6.45) is 7.08. The van der Waals surface area contributed by atoms with Crippen molar-refractivity contribution in [2.24, 2.45) is 0 Å². The molecule has 0 radical (unpaired) electrons. The maximum absolute atomic E-state index is 13.4. The van der Waals surface area contributed by atoms with Crippen LogP contribution < -0.4 is 4.90 Å². The molecule has 0 spiro atoms. The largest absolute Gasteiger partial charge is 0.367 e. The van der Waals surface area contributed by atoms with E-state index in [-0.39, 0.29) is 35.8 Å². The first kappa shape index (κ1) is 27.8. The van der Waals surface area contributed by atoms with Gasteiger partial charge in [-0.25, -0.2) is 8.42 Å². The average Bonchev–Trinajstić information content (AvgIpc) is 2.69. The van der Waals surface area contributed by atoms with Crippen molar-refractivity contribution in [3.8, 4) is 12.3 Å². The van der Waals surface area contributed by atoms with Gasteiger partial charge in [0.05, 0.1) is 29.0 Å². The highest BCUT2D eigenvalue weighted by atomic mass is 32.2. The second-order valence-corrected chi connectivity index (χ2v) is 11.0. The molecule has 0 saturated heterocycles. The molecule has 0 heterocycles. The third-order valence-corrected chi connectivity index (χ3v) is 6.91. The number of hydrogen-bond donors (Lipinski definition) is 0. The van der Waals surface area contributed by atoms with Gasteiger partial charge in [-0.2, -0.15) is 12.7 Å². The van der Waals surface area contributed by atoms with E-state index in [0.717, 1.165) is 22.7 Å². The quantitative estimate of drug-likeness (QED) is 0.172. The first-order valence-electron chi connectivity index (χ1n) is 9.74. The zero-order valence-corrected chi connectivity index (χ0v) is 20.6. The van der Waals surface area contributed by atoms with E-state index in [1.807, 2.05) is 6.92 Å². The number of terminal acetylenes is 1. The van der Waals surface area contributed by atoms with Crippen molar-refractivity contribution in [1.82, 2.24) is 9.21 Å². The summed E-state index contributed by atoms with van der Waals surface area (Å²) in [7, 11) is -2.90. The Hall–Kier alpha value is -2.24. The molecular formula is C19H30N4O7S2. The predicted molar refractivity (Wildman–Crippen MR) is 123 cm³/mol. The van der Waals surface area contributed by atoms with Crippen molar-refractivity contribution in [2.75, 3.05) is 65.1 Å². The number of sulfonamides is 1. The van der Waals surface area contributed by atoms with Gasteiger partial charge in [0.25, 0.3) is 15.8 Å². The molecule has 0 fully saturated rings. The maximum Gasteiger partial charge on any atom is 0.272 e. The van der Waals surface area contributed by atoms with Crippen LogP contribution >= 0.6 is 0 Å². The molecule has 0 aromatic heterocycles. The van der Waals surface area contributed by atoms with Crippen LogP contribution in [0.25, 0.3) is 0 Å². The predicted octanol–water partition coefficient (Wildman–Crippen LogP) is 0.951. The summed E-state index contributed by atoms with van der Waals surface area (Å²) in [5.74, 6) is 2.34. The Bertz CT molecular complexity index is 1060. The first-order valence-corrected chi connectivity index (χ1v) is 13.0. The molecule has 0 amide bonds. The summed E-state index contributed by atoms with van der Waals surface area (Å²) < 4.78 is 55.4. The Morgan fingerprint density at radius 3 is 2.19 bits per heavy atom. The van der Waals surface area contributed by atoms with Crippen LogP contribution in [0.15, 0.2) is 17.0 Å². The highest BCUT2D eigenvalue weighted by Gasteiger charge is 2.31. The van der Waals surface area contributed by atoms with Gasteiger partial charge in [-0.05, 0) is 20.5 Å². The normalized spacial score (nSPS) is 12.2. The monoisotopic (exact) mass is 490 g/mol. The van der Waals surface area contributed by atoms with Gasteiger partial charge in [0.2, 0.25) is 10.0 Å². The lowest BCUT2D eigenvalue weighted by Crippen LogP contribution is -2.36. The number of non-ortho nitro benzene ring substituents is 1. The molecule has 13 heteroatoms. The van der Waals surface area contributed by atoms with Crippen LogP contribution in [0.4, 0.5) is 11.4 Å². The standard InChI is InChI=1S/C19H30N4O7S2/c1-7-9-22(12-13-30-31(6,26)27)19-16(8-2)14-17(23(24)25)15-18(19)32(28,29)21(5)11-10-20(3)4/h2,14-15H,7,9-13H2,1,3-6H3. The van der Waals surface area contributed by atoms with Crippen LogP contribution in [-0.2, 0) is 24.3 Å². The van der Waals surface area contributed by atoms with Crippen LogP contribution in [0.1, 0.15) is 18.9 Å². The third kappa shape index (κ3) is 7.72. The van der Waals surface area contributed by atoms with Gasteiger partial charge in [-0.15, -0.1) is 6.42 Å². The van der Waals surface area contributed by atoms with E-state index in [1.54, 1.807) is 23.9 Å². The SMILES string of the molecule is C#Cc1cc([N+](=O)[O-])cc(S(=O)(=O)N(C)CCN(C)C)c1N(CCC)CCOS(C)(=O)=O. The highest BCUT2D eigenvalue weighted by Crippen LogP contribution is 2.35. The molecule has 180 valence electrons. The van der Waals surface area contributed by atoms with E-state index >= 15 is 0 Å². The fraction of sp³-hybridized carbons (Fsp3) is 0.579. The third-order valence-electron chi connectivity index (χ3n) is 4.44. The minimum Gasteiger partial charge on any atom is -0.367 e. The average molecular weight is 491 g/mol. The first-order chi connectivity index (χ1) is 14.7. The van der Waals surface area contributed by atoms with E-state index < -0.39 is 30.8 Å². The topological polar surface area (TPSA) is 130 Å². The van der Waals surface area contributed by atoms with Crippen LogP contribution in [0.2, 0.25) is 0 Å². The maximum atomic E-state index is 13.4. The number of nitro benzene ring substituents is 1. The van der Waals surface area contributed by atoms with Crippen molar-refractivity contribution >= 4 is 31.5 Å². The number of anilines is 1. The minimum atomic E-state index is -4.16. The fourth-order valence-electron chi connectivity index (χ4n) is 2.86. The van der Waals surface area contributed by atoms with Crippen molar-refractivity contribution in [1.29, 1.82) is 0 Å². The van der Waals surface area contributed by atoms with Gasteiger partial charge in [-0.1, -0.05) is 12.8 Å².